The Balaban J connectivity index is 2.02. The van der Waals surface area contributed by atoms with Crippen molar-refractivity contribution in [2.24, 2.45) is 5.73 Å². The van der Waals surface area contributed by atoms with Gasteiger partial charge in [0.2, 0.25) is 0 Å². The lowest BCUT2D eigenvalue weighted by Gasteiger charge is -2.15. The van der Waals surface area contributed by atoms with Gasteiger partial charge in [0.15, 0.2) is 5.58 Å². The lowest BCUT2D eigenvalue weighted by Crippen LogP contribution is -2.13. The van der Waals surface area contributed by atoms with E-state index in [0.717, 1.165) is 16.6 Å². The van der Waals surface area contributed by atoms with Crippen molar-refractivity contribution in [1.29, 1.82) is 0 Å². The van der Waals surface area contributed by atoms with Crippen LogP contribution >= 0.6 is 11.6 Å². The van der Waals surface area contributed by atoms with Crippen molar-refractivity contribution in [1.82, 2.24) is 0 Å². The second kappa shape index (κ2) is 5.43. The van der Waals surface area contributed by atoms with Crippen LogP contribution in [0.1, 0.15) is 17.4 Å². The molecule has 0 spiro atoms. The number of anilines is 1. The van der Waals surface area contributed by atoms with Gasteiger partial charge in [0.05, 0.1) is 11.1 Å². The Bertz CT molecular complexity index is 779. The summed E-state index contributed by atoms with van der Waals surface area (Å²) in [6.45, 7) is 0. The van der Waals surface area contributed by atoms with Gasteiger partial charge in [-0.2, -0.15) is 0 Å². The molecule has 0 aliphatic heterocycles. The first-order chi connectivity index (χ1) is 10.1. The van der Waals surface area contributed by atoms with Gasteiger partial charge >= 0.3 is 0 Å². The van der Waals surface area contributed by atoms with Crippen molar-refractivity contribution < 1.29 is 4.42 Å². The predicted octanol–water partition coefficient (Wildman–Crippen LogP) is 4.20. The first-order valence-electron chi connectivity index (χ1n) is 6.77. The molecule has 1 heterocycles. The SMILES string of the molecule is CN(C)c1cccc(C(N)c2cc3cccc(Cl)c3o2)c1. The second-order valence-corrected chi connectivity index (χ2v) is 5.68. The third-order valence-electron chi connectivity index (χ3n) is 3.57. The third kappa shape index (κ3) is 2.62. The fourth-order valence-corrected chi connectivity index (χ4v) is 2.58. The molecule has 108 valence electrons. The molecule has 2 N–H and O–H groups in total. The van der Waals surface area contributed by atoms with Crippen LogP contribution in [0, 0.1) is 0 Å². The normalized spacial score (nSPS) is 12.6. The molecule has 1 aromatic heterocycles. The van der Waals surface area contributed by atoms with E-state index in [2.05, 4.69) is 6.07 Å². The maximum absolute atomic E-state index is 6.34. The van der Waals surface area contributed by atoms with Gasteiger partial charge in [-0.05, 0) is 29.8 Å². The minimum Gasteiger partial charge on any atom is -0.457 e. The Morgan fingerprint density at radius 1 is 1.10 bits per heavy atom. The Labute approximate surface area is 128 Å². The van der Waals surface area contributed by atoms with Crippen LogP contribution in [-0.2, 0) is 0 Å². The maximum Gasteiger partial charge on any atom is 0.152 e. The largest absolute Gasteiger partial charge is 0.457 e. The van der Waals surface area contributed by atoms with Gasteiger partial charge in [0, 0.05) is 25.2 Å². The average molecular weight is 301 g/mol. The average Bonchev–Trinajstić information content (AvgIpc) is 2.92. The Hall–Kier alpha value is -1.97. The van der Waals surface area contributed by atoms with E-state index in [1.54, 1.807) is 0 Å². The molecule has 4 heteroatoms. The lowest BCUT2D eigenvalue weighted by molar-refractivity contribution is 0.525. The lowest BCUT2D eigenvalue weighted by atomic mass is 10.0. The van der Waals surface area contributed by atoms with Crippen LogP contribution in [0.4, 0.5) is 5.69 Å². The first-order valence-corrected chi connectivity index (χ1v) is 7.15. The van der Waals surface area contributed by atoms with Gasteiger partial charge in [-0.15, -0.1) is 0 Å². The Morgan fingerprint density at radius 2 is 1.86 bits per heavy atom. The fourth-order valence-electron chi connectivity index (χ4n) is 2.36. The summed E-state index contributed by atoms with van der Waals surface area (Å²) in [7, 11) is 4.01. The van der Waals surface area contributed by atoms with Gasteiger partial charge in [0.25, 0.3) is 0 Å². The highest BCUT2D eigenvalue weighted by Crippen LogP contribution is 2.31. The molecule has 0 aliphatic carbocycles. The molecular weight excluding hydrogens is 284 g/mol. The van der Waals surface area contributed by atoms with E-state index in [4.69, 9.17) is 21.8 Å². The standard InChI is InChI=1S/C17H17ClN2O/c1-20(2)13-7-3-5-11(9-13)16(19)15-10-12-6-4-8-14(18)17(12)21-15/h3-10,16H,19H2,1-2H3. The van der Waals surface area contributed by atoms with Crippen molar-refractivity contribution in [3.05, 3.63) is 64.9 Å². The summed E-state index contributed by atoms with van der Waals surface area (Å²) < 4.78 is 5.84. The molecule has 3 aromatic rings. The van der Waals surface area contributed by atoms with E-state index in [1.807, 2.05) is 61.5 Å². The molecule has 0 bridgehead atoms. The highest BCUT2D eigenvalue weighted by Gasteiger charge is 2.16. The van der Waals surface area contributed by atoms with Crippen LogP contribution in [0.3, 0.4) is 0 Å². The summed E-state index contributed by atoms with van der Waals surface area (Å²) >= 11 is 6.15. The first kappa shape index (κ1) is 14.0. The molecule has 1 unspecified atom stereocenters. The number of halogens is 1. The van der Waals surface area contributed by atoms with Crippen LogP contribution in [0.5, 0.6) is 0 Å². The molecular formula is C17H17ClN2O. The van der Waals surface area contributed by atoms with Gasteiger partial charge in [-0.1, -0.05) is 35.9 Å². The summed E-state index contributed by atoms with van der Waals surface area (Å²) in [6, 6.07) is 15.5. The van der Waals surface area contributed by atoms with E-state index in [0.29, 0.717) is 16.4 Å². The molecule has 0 saturated heterocycles. The smallest absolute Gasteiger partial charge is 0.152 e. The number of para-hydroxylation sites is 1. The van der Waals surface area contributed by atoms with E-state index >= 15 is 0 Å². The molecule has 0 saturated carbocycles. The summed E-state index contributed by atoms with van der Waals surface area (Å²) in [5.74, 6) is 0.717. The van der Waals surface area contributed by atoms with Gasteiger partial charge in [-0.25, -0.2) is 0 Å². The highest BCUT2D eigenvalue weighted by molar-refractivity contribution is 6.34. The summed E-state index contributed by atoms with van der Waals surface area (Å²) in [4.78, 5) is 2.05. The van der Waals surface area contributed by atoms with Gasteiger partial charge < -0.3 is 15.1 Å². The van der Waals surface area contributed by atoms with Crippen molar-refractivity contribution in [3.63, 3.8) is 0 Å². The topological polar surface area (TPSA) is 42.4 Å². The Morgan fingerprint density at radius 3 is 2.57 bits per heavy atom. The molecule has 3 nitrogen and oxygen atoms in total. The van der Waals surface area contributed by atoms with Crippen LogP contribution < -0.4 is 10.6 Å². The van der Waals surface area contributed by atoms with Crippen molar-refractivity contribution in [2.45, 2.75) is 6.04 Å². The summed E-state index contributed by atoms with van der Waals surface area (Å²) in [6.07, 6.45) is 0. The Kier molecular flexibility index (Phi) is 3.62. The third-order valence-corrected chi connectivity index (χ3v) is 3.86. The minimum atomic E-state index is -0.312. The number of nitrogens with two attached hydrogens (primary N) is 1. The fraction of sp³-hybridized carbons (Fsp3) is 0.176. The molecule has 21 heavy (non-hydrogen) atoms. The summed E-state index contributed by atoms with van der Waals surface area (Å²) in [5.41, 5.74) is 9.15. The van der Waals surface area contributed by atoms with Crippen molar-refractivity contribution in [3.8, 4) is 0 Å². The molecule has 1 atom stereocenters. The quantitative estimate of drug-likeness (QED) is 0.788. The molecule has 2 aromatic carbocycles. The van der Waals surface area contributed by atoms with Crippen LogP contribution in [0.2, 0.25) is 5.02 Å². The monoisotopic (exact) mass is 300 g/mol. The number of hydrogen-bond acceptors (Lipinski definition) is 3. The molecule has 0 radical (unpaired) electrons. The zero-order valence-electron chi connectivity index (χ0n) is 12.0. The van der Waals surface area contributed by atoms with Crippen molar-refractivity contribution in [2.75, 3.05) is 19.0 Å². The van der Waals surface area contributed by atoms with E-state index < -0.39 is 0 Å². The highest BCUT2D eigenvalue weighted by atomic mass is 35.5. The van der Waals surface area contributed by atoms with E-state index in [-0.39, 0.29) is 6.04 Å². The van der Waals surface area contributed by atoms with Crippen LogP contribution in [0.25, 0.3) is 11.0 Å². The van der Waals surface area contributed by atoms with Crippen LogP contribution in [0.15, 0.2) is 52.9 Å². The van der Waals surface area contributed by atoms with Crippen molar-refractivity contribution >= 4 is 28.3 Å². The predicted molar refractivity (Wildman–Crippen MR) is 88.0 cm³/mol. The summed E-state index contributed by atoms with van der Waals surface area (Å²) in [5, 5.41) is 1.57. The number of benzene rings is 2. The van der Waals surface area contributed by atoms with E-state index in [1.165, 1.54) is 0 Å². The number of hydrogen-bond donors (Lipinski definition) is 1. The molecule has 3 rings (SSSR count). The number of nitrogens with zero attached hydrogens (tertiary/aromatic N) is 1. The maximum atomic E-state index is 6.34. The zero-order valence-corrected chi connectivity index (χ0v) is 12.8. The van der Waals surface area contributed by atoms with Gasteiger partial charge in [0.1, 0.15) is 5.76 Å². The van der Waals surface area contributed by atoms with Crippen LogP contribution in [-0.4, -0.2) is 14.1 Å². The second-order valence-electron chi connectivity index (χ2n) is 5.27. The molecule has 0 fully saturated rings. The van der Waals surface area contributed by atoms with E-state index in [9.17, 15) is 0 Å². The number of fused-ring (bicyclic) bond motifs is 1. The van der Waals surface area contributed by atoms with Gasteiger partial charge in [-0.3, -0.25) is 0 Å². The molecule has 0 aliphatic rings. The minimum absolute atomic E-state index is 0.312. The molecule has 0 amide bonds. The number of rotatable bonds is 3. The number of furan rings is 1. The zero-order chi connectivity index (χ0) is 15.0.